The first-order chi connectivity index (χ1) is 11.9. The van der Waals surface area contributed by atoms with Gasteiger partial charge < -0.3 is 14.2 Å². The molecular formula is C21H32O5. The number of hydrogen-bond donors (Lipinski definition) is 0. The highest BCUT2D eigenvalue weighted by Gasteiger charge is 2.30. The molecule has 1 unspecified atom stereocenters. The monoisotopic (exact) mass is 364 g/mol. The minimum Gasteiger partial charge on any atom is -0.496 e. The van der Waals surface area contributed by atoms with Crippen molar-refractivity contribution in [3.05, 3.63) is 29.8 Å². The molecule has 0 aliphatic rings. The highest BCUT2D eigenvalue weighted by atomic mass is 16.5. The lowest BCUT2D eigenvalue weighted by Crippen LogP contribution is -2.26. The lowest BCUT2D eigenvalue weighted by atomic mass is 9.94. The van der Waals surface area contributed by atoms with Crippen molar-refractivity contribution in [2.24, 2.45) is 10.8 Å². The van der Waals surface area contributed by atoms with Crippen LogP contribution in [0.1, 0.15) is 59.4 Å². The molecule has 0 heterocycles. The first-order valence-corrected chi connectivity index (χ1v) is 8.88. The lowest BCUT2D eigenvalue weighted by Gasteiger charge is -2.23. The Bertz CT molecular complexity index is 608. The fraction of sp³-hybridized carbons (Fsp3) is 0.619. The van der Waals surface area contributed by atoms with Crippen LogP contribution in [0.2, 0.25) is 0 Å². The second-order valence-corrected chi connectivity index (χ2v) is 8.89. The highest BCUT2D eigenvalue weighted by molar-refractivity contribution is 5.85. The van der Waals surface area contributed by atoms with Crippen LogP contribution in [0, 0.1) is 10.8 Å². The summed E-state index contributed by atoms with van der Waals surface area (Å²) in [6, 6.07) is 7.17. The van der Waals surface area contributed by atoms with E-state index in [9.17, 15) is 9.59 Å². The van der Waals surface area contributed by atoms with Crippen molar-refractivity contribution in [1.82, 2.24) is 0 Å². The van der Waals surface area contributed by atoms with E-state index < -0.39 is 17.9 Å². The van der Waals surface area contributed by atoms with Crippen LogP contribution in [0.15, 0.2) is 24.3 Å². The fourth-order valence-corrected chi connectivity index (χ4v) is 2.19. The second kappa shape index (κ2) is 9.06. The second-order valence-electron chi connectivity index (χ2n) is 8.89. The number of hydrogen-bond acceptors (Lipinski definition) is 5. The molecule has 0 bridgehead atoms. The Kier molecular flexibility index (Phi) is 7.67. The van der Waals surface area contributed by atoms with E-state index >= 15 is 0 Å². The van der Waals surface area contributed by atoms with Gasteiger partial charge in [0.15, 0.2) is 0 Å². The summed E-state index contributed by atoms with van der Waals surface area (Å²) in [5.74, 6) is -1.09. The van der Waals surface area contributed by atoms with Gasteiger partial charge in [0.05, 0.1) is 32.7 Å². The van der Waals surface area contributed by atoms with Gasteiger partial charge in [-0.3, -0.25) is 9.59 Å². The van der Waals surface area contributed by atoms with Gasteiger partial charge in [-0.05, 0) is 16.9 Å². The van der Waals surface area contributed by atoms with Crippen LogP contribution in [0.5, 0.6) is 5.75 Å². The van der Waals surface area contributed by atoms with Crippen molar-refractivity contribution >= 4 is 11.9 Å². The smallest absolute Gasteiger partial charge is 0.314 e. The number of benzene rings is 1. The molecule has 1 aromatic carbocycles. The third-order valence-electron chi connectivity index (χ3n) is 3.48. The summed E-state index contributed by atoms with van der Waals surface area (Å²) in [7, 11) is 1.54. The van der Waals surface area contributed by atoms with Crippen LogP contribution in [-0.4, -0.2) is 32.3 Å². The molecule has 5 nitrogen and oxygen atoms in total. The maximum Gasteiger partial charge on any atom is 0.314 e. The van der Waals surface area contributed by atoms with E-state index in [1.54, 1.807) is 12.1 Å². The molecule has 1 aromatic rings. The number of esters is 2. The molecule has 1 rings (SSSR count). The molecule has 0 N–H and O–H groups in total. The normalized spacial score (nSPS) is 13.0. The van der Waals surface area contributed by atoms with E-state index in [0.717, 1.165) is 0 Å². The standard InChI is InChI=1S/C21H32O5/c1-20(2,3)13-25-18(22)12-16(19(23)26-14-21(4,5)6)15-10-8-9-11-17(15)24-7/h8-11,16H,12-14H2,1-7H3. The van der Waals surface area contributed by atoms with Crippen molar-refractivity contribution in [3.63, 3.8) is 0 Å². The quantitative estimate of drug-likeness (QED) is 0.673. The van der Waals surface area contributed by atoms with E-state index in [4.69, 9.17) is 14.2 Å². The number of para-hydroxylation sites is 1. The van der Waals surface area contributed by atoms with Gasteiger partial charge in [-0.25, -0.2) is 0 Å². The Morgan fingerprint density at radius 1 is 0.923 bits per heavy atom. The zero-order valence-corrected chi connectivity index (χ0v) is 17.0. The fourth-order valence-electron chi connectivity index (χ4n) is 2.19. The van der Waals surface area contributed by atoms with Gasteiger partial charge in [-0.15, -0.1) is 0 Å². The Balaban J connectivity index is 2.98. The molecule has 0 amide bonds. The third kappa shape index (κ3) is 7.89. The van der Waals surface area contributed by atoms with Crippen molar-refractivity contribution in [3.8, 4) is 5.75 Å². The van der Waals surface area contributed by atoms with E-state index in [-0.39, 0.29) is 23.9 Å². The van der Waals surface area contributed by atoms with E-state index in [1.165, 1.54) is 7.11 Å². The van der Waals surface area contributed by atoms with E-state index in [2.05, 4.69) is 0 Å². The number of ether oxygens (including phenoxy) is 3. The van der Waals surface area contributed by atoms with Crippen LogP contribution in [0.4, 0.5) is 0 Å². The van der Waals surface area contributed by atoms with Crippen molar-refractivity contribution in [1.29, 1.82) is 0 Å². The molecule has 0 radical (unpaired) electrons. The Labute approximate surface area is 157 Å². The first-order valence-electron chi connectivity index (χ1n) is 8.88. The zero-order chi connectivity index (χ0) is 20.0. The van der Waals surface area contributed by atoms with E-state index in [1.807, 2.05) is 53.7 Å². The van der Waals surface area contributed by atoms with Gasteiger partial charge in [0.1, 0.15) is 5.75 Å². The third-order valence-corrected chi connectivity index (χ3v) is 3.48. The molecule has 5 heteroatoms. The summed E-state index contributed by atoms with van der Waals surface area (Å²) in [6.45, 7) is 12.5. The van der Waals surface area contributed by atoms with Crippen molar-refractivity contribution in [2.75, 3.05) is 20.3 Å². The molecule has 146 valence electrons. The summed E-state index contributed by atoms with van der Waals surface area (Å²) < 4.78 is 16.2. The summed E-state index contributed by atoms with van der Waals surface area (Å²) in [5.41, 5.74) is 0.331. The van der Waals surface area contributed by atoms with Gasteiger partial charge in [0, 0.05) is 5.56 Å². The Morgan fingerprint density at radius 3 is 2.00 bits per heavy atom. The van der Waals surface area contributed by atoms with Gasteiger partial charge in [-0.2, -0.15) is 0 Å². The molecule has 26 heavy (non-hydrogen) atoms. The minimum atomic E-state index is -0.763. The molecule has 0 aliphatic heterocycles. The average Bonchev–Trinajstić information content (AvgIpc) is 2.54. The number of carbonyl (C=O) groups is 2. The largest absolute Gasteiger partial charge is 0.496 e. The van der Waals surface area contributed by atoms with Crippen LogP contribution < -0.4 is 4.74 Å². The first kappa shape index (κ1) is 22.0. The van der Waals surface area contributed by atoms with Crippen molar-refractivity contribution < 1.29 is 23.8 Å². The van der Waals surface area contributed by atoms with Crippen LogP contribution in [0.3, 0.4) is 0 Å². The molecular weight excluding hydrogens is 332 g/mol. The molecule has 0 spiro atoms. The summed E-state index contributed by atoms with van der Waals surface area (Å²) >= 11 is 0. The van der Waals surface area contributed by atoms with Crippen molar-refractivity contribution in [2.45, 2.75) is 53.9 Å². The van der Waals surface area contributed by atoms with E-state index in [0.29, 0.717) is 17.9 Å². The predicted molar refractivity (Wildman–Crippen MR) is 101 cm³/mol. The molecule has 0 fully saturated rings. The molecule has 0 saturated carbocycles. The lowest BCUT2D eigenvalue weighted by molar-refractivity contribution is -0.155. The molecule has 1 atom stereocenters. The Morgan fingerprint density at radius 2 is 1.46 bits per heavy atom. The van der Waals surface area contributed by atoms with Gasteiger partial charge in [0.2, 0.25) is 0 Å². The summed E-state index contributed by atoms with van der Waals surface area (Å²) in [5, 5.41) is 0. The highest BCUT2D eigenvalue weighted by Crippen LogP contribution is 2.31. The average molecular weight is 364 g/mol. The number of carbonyl (C=O) groups excluding carboxylic acids is 2. The topological polar surface area (TPSA) is 61.8 Å². The van der Waals surface area contributed by atoms with Gasteiger partial charge in [0.25, 0.3) is 0 Å². The van der Waals surface area contributed by atoms with Crippen LogP contribution >= 0.6 is 0 Å². The molecule has 0 saturated heterocycles. The summed E-state index contributed by atoms with van der Waals surface area (Å²) in [6.07, 6.45) is -0.0839. The maximum absolute atomic E-state index is 12.7. The van der Waals surface area contributed by atoms with Gasteiger partial charge >= 0.3 is 11.9 Å². The number of methoxy groups -OCH3 is 1. The Hall–Kier alpha value is -2.04. The van der Waals surface area contributed by atoms with Crippen LogP contribution in [0.25, 0.3) is 0 Å². The predicted octanol–water partition coefficient (Wildman–Crippen LogP) is 4.35. The maximum atomic E-state index is 12.7. The minimum absolute atomic E-state index is 0.0839. The summed E-state index contributed by atoms with van der Waals surface area (Å²) in [4.78, 5) is 25.0. The zero-order valence-electron chi connectivity index (χ0n) is 17.0. The molecule has 0 aliphatic carbocycles. The number of rotatable bonds is 7. The van der Waals surface area contributed by atoms with Gasteiger partial charge in [-0.1, -0.05) is 59.7 Å². The van der Waals surface area contributed by atoms with Crippen LogP contribution in [-0.2, 0) is 19.1 Å². The molecule has 0 aromatic heterocycles. The SMILES string of the molecule is COc1ccccc1C(CC(=O)OCC(C)(C)C)C(=O)OCC(C)(C)C.